The molecule has 44 heavy (non-hydrogen) atoms. The van der Waals surface area contributed by atoms with Crippen LogP contribution in [0.1, 0.15) is 75.5 Å². The fourth-order valence-electron chi connectivity index (χ4n) is 5.38. The number of amides is 1. The molecule has 2 heterocycles. The van der Waals surface area contributed by atoms with Crippen LogP contribution in [0.15, 0.2) is 78.6 Å². The van der Waals surface area contributed by atoms with Gasteiger partial charge in [-0.05, 0) is 91.8 Å². The molecule has 2 N–H and O–H groups in total. The minimum Gasteiger partial charge on any atom is -0.368 e. The predicted molar refractivity (Wildman–Crippen MR) is 183 cm³/mol. The van der Waals surface area contributed by atoms with Gasteiger partial charge in [0.25, 0.3) is 5.91 Å². The highest BCUT2D eigenvalue weighted by Gasteiger charge is 2.20. The predicted octanol–water partition coefficient (Wildman–Crippen LogP) is 7.46. The summed E-state index contributed by atoms with van der Waals surface area (Å²) in [7, 11) is 0. The number of hydrogen-bond acceptors (Lipinski definition) is 6. The second-order valence-corrected chi connectivity index (χ2v) is 12.8. The number of ketones is 1. The number of carbonyl (C=O) groups is 2. The summed E-state index contributed by atoms with van der Waals surface area (Å²) in [6.07, 6.45) is 5.69. The van der Waals surface area contributed by atoms with Crippen LogP contribution in [0.25, 0.3) is 5.57 Å². The molecule has 1 aliphatic rings. The van der Waals surface area contributed by atoms with E-state index < -0.39 is 0 Å². The molecule has 4 rings (SSSR count). The van der Waals surface area contributed by atoms with Gasteiger partial charge in [0.1, 0.15) is 5.82 Å². The van der Waals surface area contributed by atoms with Crippen LogP contribution >= 0.6 is 0 Å². The first-order valence-corrected chi connectivity index (χ1v) is 15.5. The van der Waals surface area contributed by atoms with Gasteiger partial charge in [-0.1, -0.05) is 51.1 Å². The molecular weight excluding hydrogens is 546 g/mol. The van der Waals surface area contributed by atoms with Gasteiger partial charge < -0.3 is 15.5 Å². The Bertz CT molecular complexity index is 1520. The van der Waals surface area contributed by atoms with Crippen LogP contribution in [0.4, 0.5) is 17.2 Å². The van der Waals surface area contributed by atoms with Crippen LogP contribution in [-0.4, -0.2) is 53.8 Å². The van der Waals surface area contributed by atoms with Crippen molar-refractivity contribution in [2.45, 2.75) is 66.8 Å². The van der Waals surface area contributed by atoms with Crippen molar-refractivity contribution in [1.29, 1.82) is 0 Å². The lowest BCUT2D eigenvalue weighted by atomic mass is 9.86. The van der Waals surface area contributed by atoms with E-state index in [2.05, 4.69) is 66.1 Å². The van der Waals surface area contributed by atoms with E-state index in [9.17, 15) is 9.59 Å². The van der Waals surface area contributed by atoms with E-state index in [1.807, 2.05) is 80.7 Å². The summed E-state index contributed by atoms with van der Waals surface area (Å²) in [5, 5.41) is 6.31. The molecular formula is C37H47N5O2. The second-order valence-electron chi connectivity index (χ2n) is 12.8. The van der Waals surface area contributed by atoms with Gasteiger partial charge in [-0.2, -0.15) is 0 Å². The highest BCUT2D eigenvalue weighted by molar-refractivity contribution is 6.05. The number of aromatic nitrogens is 1. The van der Waals surface area contributed by atoms with Crippen molar-refractivity contribution in [1.82, 2.24) is 9.88 Å². The Labute approximate surface area is 263 Å². The zero-order valence-corrected chi connectivity index (χ0v) is 27.5. The summed E-state index contributed by atoms with van der Waals surface area (Å²) in [6.45, 7) is 20.4. The van der Waals surface area contributed by atoms with Crippen molar-refractivity contribution in [3.8, 4) is 0 Å². The van der Waals surface area contributed by atoms with Gasteiger partial charge in [-0.25, -0.2) is 4.98 Å². The maximum atomic E-state index is 13.1. The molecule has 1 aromatic heterocycles. The summed E-state index contributed by atoms with van der Waals surface area (Å²) < 4.78 is 0. The van der Waals surface area contributed by atoms with E-state index in [1.165, 1.54) is 5.56 Å². The molecule has 0 saturated carbocycles. The third kappa shape index (κ3) is 8.03. The summed E-state index contributed by atoms with van der Waals surface area (Å²) in [6, 6.07) is 18.1. The number of nitrogens with one attached hydrogen (secondary N) is 2. The van der Waals surface area contributed by atoms with E-state index in [0.29, 0.717) is 23.1 Å². The van der Waals surface area contributed by atoms with Gasteiger partial charge in [0.2, 0.25) is 0 Å². The lowest BCUT2D eigenvalue weighted by Crippen LogP contribution is -2.48. The summed E-state index contributed by atoms with van der Waals surface area (Å²) in [4.78, 5) is 35.3. The summed E-state index contributed by atoms with van der Waals surface area (Å²) in [5.74, 6) is 0.355. The third-order valence-corrected chi connectivity index (χ3v) is 8.32. The van der Waals surface area contributed by atoms with Gasteiger partial charge in [0.05, 0.1) is 17.6 Å². The van der Waals surface area contributed by atoms with Crippen LogP contribution in [0.3, 0.4) is 0 Å². The molecule has 0 bridgehead atoms. The first kappa shape index (κ1) is 32.7. The Balaban J connectivity index is 1.49. The molecule has 2 aromatic carbocycles. The third-order valence-electron chi connectivity index (χ3n) is 8.32. The van der Waals surface area contributed by atoms with Crippen LogP contribution in [0.2, 0.25) is 0 Å². The number of anilines is 3. The van der Waals surface area contributed by atoms with E-state index >= 15 is 0 Å². The monoisotopic (exact) mass is 593 g/mol. The molecule has 0 aliphatic carbocycles. The lowest BCUT2D eigenvalue weighted by Gasteiger charge is -2.38. The molecule has 0 radical (unpaired) electrons. The SMILES string of the molecule is CC=C(/C=C(/Nc1ccc(N2CCN(C(C)C)CC2)cn1)C(C)=O)c1cccc(NC(=O)c2ccc(C(C)(C)C)cc2)c1C. The van der Waals surface area contributed by atoms with E-state index in [-0.39, 0.29) is 17.1 Å². The number of hydrogen-bond donors (Lipinski definition) is 2. The van der Waals surface area contributed by atoms with Crippen LogP contribution in [-0.2, 0) is 10.2 Å². The molecule has 3 aromatic rings. The Morgan fingerprint density at radius 3 is 2.16 bits per heavy atom. The fourth-order valence-corrected chi connectivity index (χ4v) is 5.38. The largest absolute Gasteiger partial charge is 0.368 e. The highest BCUT2D eigenvalue weighted by atomic mass is 16.1. The number of nitrogens with zero attached hydrogens (tertiary/aromatic N) is 3. The number of benzene rings is 2. The molecule has 232 valence electrons. The van der Waals surface area contributed by atoms with Gasteiger partial charge in [0.15, 0.2) is 5.78 Å². The van der Waals surface area contributed by atoms with Crippen molar-refractivity contribution in [3.05, 3.63) is 101 Å². The molecule has 1 aliphatic heterocycles. The zero-order valence-electron chi connectivity index (χ0n) is 27.5. The highest BCUT2D eigenvalue weighted by Crippen LogP contribution is 2.29. The Kier molecular flexibility index (Phi) is 10.4. The number of rotatable bonds is 9. The normalized spacial score (nSPS) is 15.0. The Hall–Kier alpha value is -4.23. The molecule has 7 nitrogen and oxygen atoms in total. The van der Waals surface area contributed by atoms with E-state index in [1.54, 1.807) is 6.92 Å². The number of pyridine rings is 1. The minimum atomic E-state index is -0.161. The maximum Gasteiger partial charge on any atom is 0.255 e. The molecule has 0 spiro atoms. The van der Waals surface area contributed by atoms with Crippen molar-refractivity contribution >= 4 is 34.5 Å². The Morgan fingerprint density at radius 2 is 1.61 bits per heavy atom. The molecule has 7 heteroatoms. The molecule has 0 atom stereocenters. The molecule has 1 amide bonds. The summed E-state index contributed by atoms with van der Waals surface area (Å²) in [5.41, 5.74) is 6.77. The zero-order chi connectivity index (χ0) is 32.0. The van der Waals surface area contributed by atoms with Gasteiger partial charge in [0, 0.05) is 50.4 Å². The molecule has 1 fully saturated rings. The van der Waals surface area contributed by atoms with Gasteiger partial charge in [-0.3, -0.25) is 14.5 Å². The first-order chi connectivity index (χ1) is 20.9. The lowest BCUT2D eigenvalue weighted by molar-refractivity contribution is -0.113. The Morgan fingerprint density at radius 1 is 0.932 bits per heavy atom. The van der Waals surface area contributed by atoms with Crippen LogP contribution in [0.5, 0.6) is 0 Å². The topological polar surface area (TPSA) is 77.6 Å². The number of Topliss-reactive ketones (excluding diaryl/α,β-unsaturated/α-hetero) is 1. The average molecular weight is 594 g/mol. The number of carbonyl (C=O) groups excluding carboxylic acids is 2. The number of piperazine rings is 1. The van der Waals surface area contributed by atoms with E-state index in [0.717, 1.165) is 54.3 Å². The summed E-state index contributed by atoms with van der Waals surface area (Å²) >= 11 is 0. The van der Waals surface area contributed by atoms with E-state index in [4.69, 9.17) is 0 Å². The smallest absolute Gasteiger partial charge is 0.255 e. The minimum absolute atomic E-state index is 0.0205. The van der Waals surface area contributed by atoms with Gasteiger partial charge >= 0.3 is 0 Å². The van der Waals surface area contributed by atoms with Crippen molar-refractivity contribution in [3.63, 3.8) is 0 Å². The molecule has 1 saturated heterocycles. The standard InChI is InChI=1S/C37H47N5O2/c1-9-28(32-11-10-12-33(26(32)4)40-36(44)29-13-15-30(16-14-29)37(6,7)8)23-34(27(5)43)39-35-18-17-31(24-38-35)42-21-19-41(20-22-42)25(2)3/h9-18,23-25H,19-22H2,1-8H3,(H,38,39)(H,40,44)/b28-9?,34-23+. The average Bonchev–Trinajstić information content (AvgIpc) is 3.00. The maximum absolute atomic E-state index is 13.1. The van der Waals surface area contributed by atoms with Crippen LogP contribution in [0, 0.1) is 6.92 Å². The second kappa shape index (κ2) is 14.0. The van der Waals surface area contributed by atoms with Crippen molar-refractivity contribution in [2.24, 2.45) is 0 Å². The first-order valence-electron chi connectivity index (χ1n) is 15.5. The van der Waals surface area contributed by atoms with Crippen molar-refractivity contribution in [2.75, 3.05) is 41.7 Å². The fraction of sp³-hybridized carbons (Fsp3) is 0.378. The molecule has 0 unspecified atom stereocenters. The van der Waals surface area contributed by atoms with Crippen LogP contribution < -0.4 is 15.5 Å². The van der Waals surface area contributed by atoms with Gasteiger partial charge in [-0.15, -0.1) is 0 Å². The quantitative estimate of drug-likeness (QED) is 0.198. The number of allylic oxidation sites excluding steroid dienone is 4. The van der Waals surface area contributed by atoms with Crippen molar-refractivity contribution < 1.29 is 9.59 Å².